The van der Waals surface area contributed by atoms with E-state index in [2.05, 4.69) is 20.7 Å². The summed E-state index contributed by atoms with van der Waals surface area (Å²) in [6.45, 7) is 1.44. The molecule has 0 unspecified atom stereocenters. The maximum absolute atomic E-state index is 12.2. The molecule has 3 N–H and O–H groups in total. The predicted molar refractivity (Wildman–Crippen MR) is 109 cm³/mol. The summed E-state index contributed by atoms with van der Waals surface area (Å²) < 4.78 is 13.6. The van der Waals surface area contributed by atoms with Crippen LogP contribution in [0.2, 0.25) is 5.02 Å². The van der Waals surface area contributed by atoms with Crippen LogP contribution in [-0.4, -0.2) is 62.8 Å². The predicted octanol–water partition coefficient (Wildman–Crippen LogP) is 0.550. The van der Waals surface area contributed by atoms with Gasteiger partial charge in [0.15, 0.2) is 0 Å². The first kappa shape index (κ1) is 21.2. The number of rotatable bonds is 8. The van der Waals surface area contributed by atoms with Gasteiger partial charge in [0.05, 0.1) is 30.9 Å². The molecule has 4 heterocycles. The monoisotopic (exact) mass is 435 g/mol. The lowest BCUT2D eigenvalue weighted by molar-refractivity contribution is -0.124. The van der Waals surface area contributed by atoms with Crippen LogP contribution in [0, 0.1) is 0 Å². The average molecular weight is 436 g/mol. The van der Waals surface area contributed by atoms with Crippen molar-refractivity contribution in [2.45, 2.75) is 56.5 Å². The Balaban J connectivity index is 1.19. The molecule has 2 aliphatic heterocycles. The zero-order valence-corrected chi connectivity index (χ0v) is 17.5. The van der Waals surface area contributed by atoms with E-state index in [1.54, 1.807) is 29.3 Å². The van der Waals surface area contributed by atoms with Crippen molar-refractivity contribution < 1.29 is 19.4 Å². The summed E-state index contributed by atoms with van der Waals surface area (Å²) in [4.78, 5) is 16.3. The van der Waals surface area contributed by atoms with Gasteiger partial charge < -0.3 is 25.2 Å². The van der Waals surface area contributed by atoms with Crippen LogP contribution in [0.4, 0.5) is 0 Å². The van der Waals surface area contributed by atoms with E-state index >= 15 is 0 Å². The van der Waals surface area contributed by atoms with Gasteiger partial charge in [0.25, 0.3) is 0 Å². The minimum Gasteiger partial charge on any atom is -0.388 e. The number of carbonyl (C=O) groups excluding carboxylic acids is 1. The second kappa shape index (κ2) is 9.40. The molecule has 0 bridgehead atoms. The van der Waals surface area contributed by atoms with Gasteiger partial charge >= 0.3 is 0 Å². The number of aliphatic hydroxyl groups is 1. The Hall–Kier alpha value is -2.04. The molecule has 5 atom stereocenters. The summed E-state index contributed by atoms with van der Waals surface area (Å²) in [5.41, 5.74) is 1.83. The number of aryl methyl sites for hydroxylation is 1. The van der Waals surface area contributed by atoms with Gasteiger partial charge in [0.2, 0.25) is 5.91 Å². The summed E-state index contributed by atoms with van der Waals surface area (Å²) in [6, 6.07) is 1.74. The van der Waals surface area contributed by atoms with E-state index in [-0.39, 0.29) is 30.6 Å². The molecule has 0 aromatic carbocycles. The molecule has 2 aromatic rings. The molecule has 2 saturated heterocycles. The van der Waals surface area contributed by atoms with Crippen LogP contribution in [0.5, 0.6) is 0 Å². The summed E-state index contributed by atoms with van der Waals surface area (Å²) in [5, 5.41) is 21.4. The Labute approximate surface area is 179 Å². The molecule has 1 amide bonds. The first-order chi connectivity index (χ1) is 14.5. The number of nitrogens with zero attached hydrogens (tertiary/aromatic N) is 3. The second-order valence-corrected chi connectivity index (χ2v) is 8.17. The minimum atomic E-state index is -0.740. The lowest BCUT2D eigenvalue weighted by atomic mass is 10.1. The summed E-state index contributed by atoms with van der Waals surface area (Å²) in [7, 11) is 1.83. The van der Waals surface area contributed by atoms with Crippen LogP contribution < -0.4 is 10.6 Å². The highest BCUT2D eigenvalue weighted by Crippen LogP contribution is 2.35. The Bertz CT molecular complexity index is 878. The number of hydrogen-bond donors (Lipinski definition) is 3. The van der Waals surface area contributed by atoms with Gasteiger partial charge in [-0.25, -0.2) is 0 Å². The first-order valence-electron chi connectivity index (χ1n) is 10.0. The van der Waals surface area contributed by atoms with E-state index in [1.165, 1.54) is 0 Å². The van der Waals surface area contributed by atoms with Crippen LogP contribution in [0.15, 0.2) is 30.9 Å². The van der Waals surface area contributed by atoms with Crippen molar-refractivity contribution in [3.8, 4) is 0 Å². The molecular formula is C20H26ClN5O4. The molecule has 4 rings (SSSR count). The third kappa shape index (κ3) is 4.98. The molecule has 2 aliphatic rings. The van der Waals surface area contributed by atoms with Crippen molar-refractivity contribution in [1.82, 2.24) is 25.4 Å². The van der Waals surface area contributed by atoms with Gasteiger partial charge in [-0.05, 0) is 6.07 Å². The molecule has 0 radical (unpaired) electrons. The highest BCUT2D eigenvalue weighted by molar-refractivity contribution is 6.31. The molecule has 9 nitrogen and oxygen atoms in total. The smallest absolute Gasteiger partial charge is 0.222 e. The van der Waals surface area contributed by atoms with Gasteiger partial charge in [-0.15, -0.1) is 0 Å². The van der Waals surface area contributed by atoms with Gasteiger partial charge in [-0.2, -0.15) is 5.10 Å². The average Bonchev–Trinajstić information content (AvgIpc) is 3.39. The number of halogens is 1. The third-order valence-electron chi connectivity index (χ3n) is 5.44. The van der Waals surface area contributed by atoms with Crippen molar-refractivity contribution in [1.29, 1.82) is 0 Å². The number of carbonyl (C=O) groups is 1. The molecule has 30 heavy (non-hydrogen) atoms. The lowest BCUT2D eigenvalue weighted by Gasteiger charge is -2.20. The van der Waals surface area contributed by atoms with Crippen LogP contribution in [0.25, 0.3) is 0 Å². The molecular weight excluding hydrogens is 410 g/mol. The van der Waals surface area contributed by atoms with E-state index in [0.717, 1.165) is 11.1 Å². The van der Waals surface area contributed by atoms with Crippen molar-refractivity contribution in [3.05, 3.63) is 47.0 Å². The molecule has 0 aliphatic carbocycles. The highest BCUT2D eigenvalue weighted by Gasteiger charge is 2.50. The van der Waals surface area contributed by atoms with Gasteiger partial charge in [0.1, 0.15) is 12.2 Å². The molecule has 10 heteroatoms. The van der Waals surface area contributed by atoms with E-state index in [0.29, 0.717) is 31.1 Å². The molecule has 0 spiro atoms. The van der Waals surface area contributed by atoms with E-state index in [4.69, 9.17) is 21.1 Å². The Kier molecular flexibility index (Phi) is 6.64. The number of hydrogen-bond acceptors (Lipinski definition) is 7. The quantitative estimate of drug-likeness (QED) is 0.555. The summed E-state index contributed by atoms with van der Waals surface area (Å²) in [6.07, 6.45) is 5.79. The Morgan fingerprint density at radius 3 is 2.97 bits per heavy atom. The highest BCUT2D eigenvalue weighted by atomic mass is 35.5. The fourth-order valence-corrected chi connectivity index (χ4v) is 4.11. The molecule has 2 aromatic heterocycles. The minimum absolute atomic E-state index is 0.0927. The van der Waals surface area contributed by atoms with Crippen LogP contribution in [0.3, 0.4) is 0 Å². The fraction of sp³-hybridized carbons (Fsp3) is 0.550. The maximum atomic E-state index is 12.2. The molecule has 0 saturated carbocycles. The molecule has 2 fully saturated rings. The Morgan fingerprint density at radius 1 is 1.37 bits per heavy atom. The molecule has 162 valence electrons. The van der Waals surface area contributed by atoms with Crippen molar-refractivity contribution >= 4 is 17.5 Å². The number of aliphatic hydroxyl groups excluding tert-OH is 1. The van der Waals surface area contributed by atoms with Gasteiger partial charge in [0, 0.05) is 67.8 Å². The lowest BCUT2D eigenvalue weighted by Crippen LogP contribution is -2.39. The second-order valence-electron chi connectivity index (χ2n) is 7.76. The standard InChI is InChI=1S/C20H26ClN5O4/c1-26-11-12(7-25-26)6-24-18(27)5-14-4-16-20(29-14)19(28)17(30-16)10-23-9-13-8-22-3-2-15(13)21/h2-3,7-8,11,14,16-17,19-20,23,28H,4-6,9-10H2,1H3,(H,24,27)/t14-,16+,17+,19+,20-/m0/s1. The van der Waals surface area contributed by atoms with Crippen LogP contribution >= 0.6 is 11.6 Å². The van der Waals surface area contributed by atoms with E-state index in [1.807, 2.05) is 13.2 Å². The van der Waals surface area contributed by atoms with E-state index in [9.17, 15) is 9.90 Å². The van der Waals surface area contributed by atoms with Crippen molar-refractivity contribution in [2.24, 2.45) is 7.05 Å². The topological polar surface area (TPSA) is 111 Å². The largest absolute Gasteiger partial charge is 0.388 e. The number of amides is 1. The zero-order valence-electron chi connectivity index (χ0n) is 16.7. The number of ether oxygens (including phenoxy) is 2. The third-order valence-corrected chi connectivity index (χ3v) is 5.81. The number of fused-ring (bicyclic) bond motifs is 1. The van der Waals surface area contributed by atoms with Crippen molar-refractivity contribution in [3.63, 3.8) is 0 Å². The van der Waals surface area contributed by atoms with Gasteiger partial charge in [-0.1, -0.05) is 11.6 Å². The zero-order chi connectivity index (χ0) is 21.1. The van der Waals surface area contributed by atoms with Crippen molar-refractivity contribution in [2.75, 3.05) is 6.54 Å². The SMILES string of the molecule is Cn1cc(CNC(=O)C[C@@H]2C[C@H]3O[C@H](CNCc4cnccc4Cl)[C@@H](O)[C@H]3O2)cn1. The van der Waals surface area contributed by atoms with Gasteiger partial charge in [-0.3, -0.25) is 14.5 Å². The number of nitrogens with one attached hydrogen (secondary N) is 2. The maximum Gasteiger partial charge on any atom is 0.222 e. The van der Waals surface area contributed by atoms with E-state index < -0.39 is 12.2 Å². The fourth-order valence-electron chi connectivity index (χ4n) is 3.94. The van der Waals surface area contributed by atoms with Crippen LogP contribution in [0.1, 0.15) is 24.0 Å². The summed E-state index contributed by atoms with van der Waals surface area (Å²) >= 11 is 6.12. The number of aromatic nitrogens is 3. The Morgan fingerprint density at radius 2 is 2.23 bits per heavy atom. The normalized spacial score (nSPS) is 27.9. The summed E-state index contributed by atoms with van der Waals surface area (Å²) in [5.74, 6) is -0.0927. The number of pyridine rings is 1. The van der Waals surface area contributed by atoms with Crippen LogP contribution in [-0.2, 0) is 34.4 Å². The first-order valence-corrected chi connectivity index (χ1v) is 10.4.